The second kappa shape index (κ2) is 4.95. The summed E-state index contributed by atoms with van der Waals surface area (Å²) in [6.07, 6.45) is 2.95. The van der Waals surface area contributed by atoms with Gasteiger partial charge in [-0.3, -0.25) is 9.59 Å². The molecule has 23 heavy (non-hydrogen) atoms. The Hall–Kier alpha value is -2.62. The average molecular weight is 306 g/mol. The zero-order valence-electron chi connectivity index (χ0n) is 12.7. The van der Waals surface area contributed by atoms with Crippen LogP contribution in [0.3, 0.4) is 0 Å². The van der Waals surface area contributed by atoms with E-state index in [2.05, 4.69) is 23.5 Å². The summed E-state index contributed by atoms with van der Waals surface area (Å²) in [5.74, 6) is -0.569. The van der Waals surface area contributed by atoms with E-state index in [9.17, 15) is 9.59 Å². The van der Waals surface area contributed by atoms with Crippen LogP contribution in [-0.4, -0.2) is 11.8 Å². The number of primary amides is 1. The minimum Gasteiger partial charge on any atom is -0.366 e. The number of aryl methyl sites for hydroxylation is 1. The average Bonchev–Trinajstić information content (AvgIpc) is 3.18. The number of rotatable bonds is 3. The summed E-state index contributed by atoms with van der Waals surface area (Å²) in [6.45, 7) is 0. The fourth-order valence-electron chi connectivity index (χ4n) is 3.97. The summed E-state index contributed by atoms with van der Waals surface area (Å²) in [4.78, 5) is 24.1. The molecule has 3 N–H and O–H groups in total. The summed E-state index contributed by atoms with van der Waals surface area (Å²) in [5.41, 5.74) is 8.90. The monoisotopic (exact) mass is 306 g/mol. The van der Waals surface area contributed by atoms with Gasteiger partial charge in [0.2, 0.25) is 5.91 Å². The lowest BCUT2D eigenvalue weighted by molar-refractivity contribution is -0.117. The number of carbonyl (C=O) groups is 2. The molecule has 2 aromatic carbocycles. The molecule has 0 saturated heterocycles. The predicted octanol–water partition coefficient (Wildman–Crippen LogP) is 2.63. The van der Waals surface area contributed by atoms with E-state index in [0.717, 1.165) is 19.3 Å². The molecule has 2 unspecified atom stereocenters. The highest BCUT2D eigenvalue weighted by Gasteiger charge is 2.61. The Kier molecular flexibility index (Phi) is 3.01. The van der Waals surface area contributed by atoms with Gasteiger partial charge in [-0.25, -0.2) is 0 Å². The maximum absolute atomic E-state index is 12.7. The van der Waals surface area contributed by atoms with E-state index < -0.39 is 5.91 Å². The Labute approximate surface area is 134 Å². The molecule has 2 aromatic rings. The van der Waals surface area contributed by atoms with E-state index in [1.807, 2.05) is 6.07 Å². The molecule has 2 atom stereocenters. The van der Waals surface area contributed by atoms with Crippen molar-refractivity contribution in [1.29, 1.82) is 0 Å². The Bertz CT molecular complexity index is 815. The van der Waals surface area contributed by atoms with Crippen molar-refractivity contribution < 1.29 is 9.59 Å². The molecule has 1 saturated carbocycles. The van der Waals surface area contributed by atoms with Gasteiger partial charge in [-0.1, -0.05) is 36.4 Å². The van der Waals surface area contributed by atoms with Crippen LogP contribution in [0, 0.1) is 5.92 Å². The van der Waals surface area contributed by atoms with E-state index in [1.165, 1.54) is 11.1 Å². The van der Waals surface area contributed by atoms with E-state index in [1.54, 1.807) is 24.3 Å². The number of para-hydroxylation sites is 1. The smallest absolute Gasteiger partial charge is 0.250 e. The van der Waals surface area contributed by atoms with Gasteiger partial charge in [-0.15, -0.1) is 0 Å². The van der Waals surface area contributed by atoms with Crippen molar-refractivity contribution in [2.45, 2.75) is 24.7 Å². The maximum atomic E-state index is 12.7. The molecule has 0 aromatic heterocycles. The van der Waals surface area contributed by atoms with Crippen LogP contribution in [0.5, 0.6) is 0 Å². The van der Waals surface area contributed by atoms with Crippen LogP contribution in [0.25, 0.3) is 0 Å². The van der Waals surface area contributed by atoms with Gasteiger partial charge in [0.05, 0.1) is 11.3 Å². The first-order valence-corrected chi connectivity index (χ1v) is 7.90. The summed E-state index contributed by atoms with van der Waals surface area (Å²) < 4.78 is 0. The molecule has 2 amide bonds. The number of fused-ring (bicyclic) bond motifs is 2. The standard InChI is InChI=1S/C19H18N2O2/c20-17(22)13-6-2-4-8-16(13)21-18(23)15-11-19(15)10-9-12-5-1-3-7-14(12)19/h1-8,15H,9-11H2,(H2,20,22)(H,21,23). The number of nitrogens with one attached hydrogen (secondary N) is 1. The van der Waals surface area contributed by atoms with Gasteiger partial charge in [0.25, 0.3) is 5.91 Å². The lowest BCUT2D eigenvalue weighted by Gasteiger charge is -2.13. The van der Waals surface area contributed by atoms with Crippen molar-refractivity contribution in [3.05, 3.63) is 65.2 Å². The third-order valence-electron chi connectivity index (χ3n) is 5.24. The lowest BCUT2D eigenvalue weighted by Crippen LogP contribution is -2.22. The van der Waals surface area contributed by atoms with Crippen molar-refractivity contribution in [3.63, 3.8) is 0 Å². The van der Waals surface area contributed by atoms with Crippen molar-refractivity contribution in [2.24, 2.45) is 11.7 Å². The van der Waals surface area contributed by atoms with Crippen molar-refractivity contribution in [3.8, 4) is 0 Å². The Morgan fingerprint density at radius 3 is 2.65 bits per heavy atom. The SMILES string of the molecule is NC(=O)c1ccccc1NC(=O)C1CC12CCc1ccccc12. The largest absolute Gasteiger partial charge is 0.366 e. The van der Waals surface area contributed by atoms with E-state index in [4.69, 9.17) is 5.73 Å². The molecular formula is C19H18N2O2. The third-order valence-corrected chi connectivity index (χ3v) is 5.24. The van der Waals surface area contributed by atoms with Crippen LogP contribution in [0.1, 0.15) is 34.3 Å². The quantitative estimate of drug-likeness (QED) is 0.915. The molecule has 4 rings (SSSR count). The molecule has 1 fully saturated rings. The van der Waals surface area contributed by atoms with Crippen LogP contribution < -0.4 is 11.1 Å². The van der Waals surface area contributed by atoms with Gasteiger partial charge in [0.1, 0.15) is 0 Å². The number of hydrogen-bond donors (Lipinski definition) is 2. The van der Waals surface area contributed by atoms with Crippen molar-refractivity contribution in [1.82, 2.24) is 0 Å². The molecule has 1 spiro atoms. The topological polar surface area (TPSA) is 72.2 Å². The zero-order chi connectivity index (χ0) is 16.0. The maximum Gasteiger partial charge on any atom is 0.250 e. The Balaban J connectivity index is 1.56. The first-order valence-electron chi connectivity index (χ1n) is 7.90. The van der Waals surface area contributed by atoms with Crippen molar-refractivity contribution >= 4 is 17.5 Å². The summed E-state index contributed by atoms with van der Waals surface area (Å²) >= 11 is 0. The van der Waals surface area contributed by atoms with Crippen LogP contribution in [0.2, 0.25) is 0 Å². The molecule has 0 aliphatic heterocycles. The summed E-state index contributed by atoms with van der Waals surface area (Å²) in [6, 6.07) is 15.3. The molecule has 0 bridgehead atoms. The van der Waals surface area contributed by atoms with Gasteiger partial charge < -0.3 is 11.1 Å². The summed E-state index contributed by atoms with van der Waals surface area (Å²) in [5, 5.41) is 2.90. The number of hydrogen-bond acceptors (Lipinski definition) is 2. The van der Waals surface area contributed by atoms with Crippen LogP contribution in [-0.2, 0) is 16.6 Å². The van der Waals surface area contributed by atoms with Crippen molar-refractivity contribution in [2.75, 3.05) is 5.32 Å². The van der Waals surface area contributed by atoms with Gasteiger partial charge in [0.15, 0.2) is 0 Å². The van der Waals surface area contributed by atoms with E-state index in [-0.39, 0.29) is 17.2 Å². The number of carbonyl (C=O) groups excluding carboxylic acids is 2. The minimum absolute atomic E-state index is 0.00233. The first kappa shape index (κ1) is 14.0. The van der Waals surface area contributed by atoms with Gasteiger partial charge in [-0.05, 0) is 42.5 Å². The van der Waals surface area contributed by atoms with Gasteiger partial charge in [0, 0.05) is 11.3 Å². The fraction of sp³-hybridized carbons (Fsp3) is 0.263. The number of amides is 2. The molecular weight excluding hydrogens is 288 g/mol. The lowest BCUT2D eigenvalue weighted by atomic mass is 9.95. The molecule has 0 heterocycles. The Morgan fingerprint density at radius 1 is 1.09 bits per heavy atom. The second-order valence-corrected chi connectivity index (χ2v) is 6.47. The molecule has 116 valence electrons. The molecule has 4 heteroatoms. The van der Waals surface area contributed by atoms with Crippen LogP contribution in [0.15, 0.2) is 48.5 Å². The minimum atomic E-state index is -0.530. The first-order chi connectivity index (χ1) is 11.1. The predicted molar refractivity (Wildman–Crippen MR) is 88.1 cm³/mol. The van der Waals surface area contributed by atoms with E-state index >= 15 is 0 Å². The highest BCUT2D eigenvalue weighted by Crippen LogP contribution is 2.61. The number of anilines is 1. The third kappa shape index (κ3) is 2.13. The van der Waals surface area contributed by atoms with Gasteiger partial charge in [-0.2, -0.15) is 0 Å². The zero-order valence-corrected chi connectivity index (χ0v) is 12.7. The molecule has 4 nitrogen and oxygen atoms in total. The Morgan fingerprint density at radius 2 is 1.83 bits per heavy atom. The number of benzene rings is 2. The highest BCUT2D eigenvalue weighted by atomic mass is 16.2. The second-order valence-electron chi connectivity index (χ2n) is 6.47. The molecule has 2 aliphatic rings. The van der Waals surface area contributed by atoms with Crippen LogP contribution >= 0.6 is 0 Å². The van der Waals surface area contributed by atoms with Crippen LogP contribution in [0.4, 0.5) is 5.69 Å². The molecule has 0 radical (unpaired) electrons. The summed E-state index contributed by atoms with van der Waals surface area (Å²) in [7, 11) is 0. The normalized spacial score (nSPS) is 24.3. The van der Waals surface area contributed by atoms with Gasteiger partial charge >= 0.3 is 0 Å². The van der Waals surface area contributed by atoms with E-state index in [0.29, 0.717) is 11.3 Å². The molecule has 2 aliphatic carbocycles. The highest BCUT2D eigenvalue weighted by molar-refractivity contribution is 6.04. The number of nitrogens with two attached hydrogens (primary N) is 1. The fourth-order valence-corrected chi connectivity index (χ4v) is 3.97.